The molecule has 1 aliphatic heterocycles. The summed E-state index contributed by atoms with van der Waals surface area (Å²) in [6.45, 7) is 11.7. The maximum Gasteiger partial charge on any atom is 0.320 e. The van der Waals surface area contributed by atoms with Crippen molar-refractivity contribution >= 4 is 5.97 Å². The van der Waals surface area contributed by atoms with Gasteiger partial charge in [-0.2, -0.15) is 0 Å². The molecule has 0 spiro atoms. The van der Waals surface area contributed by atoms with Gasteiger partial charge in [0.05, 0.1) is 13.2 Å². The third-order valence-corrected chi connectivity index (χ3v) is 5.48. The van der Waals surface area contributed by atoms with E-state index in [-0.39, 0.29) is 18.7 Å². The molecule has 5 heteroatoms. The van der Waals surface area contributed by atoms with Crippen LogP contribution in [0.3, 0.4) is 0 Å². The van der Waals surface area contributed by atoms with Gasteiger partial charge < -0.3 is 9.84 Å². The molecule has 3 unspecified atom stereocenters. The zero-order valence-electron chi connectivity index (χ0n) is 15.0. The number of carbonyl (C=O) groups is 1. The van der Waals surface area contributed by atoms with Gasteiger partial charge >= 0.3 is 5.97 Å². The van der Waals surface area contributed by atoms with Gasteiger partial charge in [-0.05, 0) is 30.6 Å². The Balaban J connectivity index is 1.77. The Morgan fingerprint density at radius 2 is 1.83 bits per heavy atom. The second-order valence-electron chi connectivity index (χ2n) is 7.70. The monoisotopic (exact) mass is 326 g/mol. The molecule has 1 saturated carbocycles. The number of nitrogens with zero attached hydrogens (tertiary/aromatic N) is 2. The molecule has 3 atom stereocenters. The smallest absolute Gasteiger partial charge is 0.320 e. The van der Waals surface area contributed by atoms with Crippen LogP contribution in [-0.2, 0) is 9.53 Å². The van der Waals surface area contributed by atoms with Gasteiger partial charge in [0.25, 0.3) is 0 Å². The molecule has 0 aromatic rings. The normalized spacial score (nSPS) is 30.6. The van der Waals surface area contributed by atoms with E-state index < -0.39 is 0 Å². The van der Waals surface area contributed by atoms with E-state index in [0.29, 0.717) is 24.3 Å². The number of ether oxygens (including phenoxy) is 1. The molecule has 0 aromatic heterocycles. The highest BCUT2D eigenvalue weighted by Gasteiger charge is 2.33. The maximum absolute atomic E-state index is 12.3. The number of piperazine rings is 1. The first-order chi connectivity index (χ1) is 11.0. The summed E-state index contributed by atoms with van der Waals surface area (Å²) >= 11 is 0. The molecular formula is C18H34N2O3. The average Bonchev–Trinajstić information content (AvgIpc) is 2.49. The van der Waals surface area contributed by atoms with E-state index in [9.17, 15) is 4.79 Å². The standard InChI is InChI=1S/C18H34N2O3/c1-14(2)16-5-4-15(3)12-17(16)23-18(22)13-20-8-6-19(7-9-20)10-11-21/h14-17,21H,4-13H2,1-3H3. The molecule has 2 rings (SSSR count). The Labute approximate surface area is 141 Å². The molecule has 2 fully saturated rings. The Bertz CT molecular complexity index is 367. The number of β-amino-alcohol motifs (C(OH)–C–C–N with tert-alkyl or cyclic N) is 1. The van der Waals surface area contributed by atoms with Crippen LogP contribution in [0, 0.1) is 17.8 Å². The van der Waals surface area contributed by atoms with Crippen LogP contribution in [0.25, 0.3) is 0 Å². The molecule has 0 amide bonds. The lowest BCUT2D eigenvalue weighted by Crippen LogP contribution is -2.49. The van der Waals surface area contributed by atoms with Crippen molar-refractivity contribution in [2.45, 2.75) is 46.1 Å². The largest absolute Gasteiger partial charge is 0.461 e. The minimum absolute atomic E-state index is 0.0645. The van der Waals surface area contributed by atoms with Crippen molar-refractivity contribution in [1.82, 2.24) is 9.80 Å². The predicted octanol–water partition coefficient (Wildman–Crippen LogP) is 1.60. The van der Waals surface area contributed by atoms with Crippen LogP contribution in [0.2, 0.25) is 0 Å². The first-order valence-electron chi connectivity index (χ1n) is 9.24. The van der Waals surface area contributed by atoms with Gasteiger partial charge in [-0.25, -0.2) is 0 Å². The molecule has 0 bridgehead atoms. The molecule has 23 heavy (non-hydrogen) atoms. The van der Waals surface area contributed by atoms with Gasteiger partial charge in [0, 0.05) is 32.7 Å². The van der Waals surface area contributed by atoms with Gasteiger partial charge in [0.1, 0.15) is 6.10 Å². The fraction of sp³-hybridized carbons (Fsp3) is 0.944. The van der Waals surface area contributed by atoms with Gasteiger partial charge in [0.15, 0.2) is 0 Å². The summed E-state index contributed by atoms with van der Waals surface area (Å²) in [5.41, 5.74) is 0. The number of hydrogen-bond acceptors (Lipinski definition) is 5. The summed E-state index contributed by atoms with van der Waals surface area (Å²) in [6, 6.07) is 0. The summed E-state index contributed by atoms with van der Waals surface area (Å²) in [5.74, 6) is 1.68. The Morgan fingerprint density at radius 3 is 2.43 bits per heavy atom. The van der Waals surface area contributed by atoms with Crippen molar-refractivity contribution in [3.8, 4) is 0 Å². The fourth-order valence-corrected chi connectivity index (χ4v) is 3.95. The predicted molar refractivity (Wildman–Crippen MR) is 91.2 cm³/mol. The number of esters is 1. The third kappa shape index (κ3) is 5.73. The zero-order valence-corrected chi connectivity index (χ0v) is 15.0. The average molecular weight is 326 g/mol. The second kappa shape index (κ2) is 9.00. The van der Waals surface area contributed by atoms with E-state index in [1.807, 2.05) is 0 Å². The van der Waals surface area contributed by atoms with Crippen LogP contribution in [0.15, 0.2) is 0 Å². The molecular weight excluding hydrogens is 292 g/mol. The molecule has 0 aromatic carbocycles. The Hall–Kier alpha value is -0.650. The summed E-state index contributed by atoms with van der Waals surface area (Å²) < 4.78 is 5.88. The van der Waals surface area contributed by atoms with Crippen LogP contribution >= 0.6 is 0 Å². The van der Waals surface area contributed by atoms with Crippen LogP contribution in [-0.4, -0.2) is 72.9 Å². The first-order valence-corrected chi connectivity index (χ1v) is 9.24. The second-order valence-corrected chi connectivity index (χ2v) is 7.70. The SMILES string of the molecule is CC1CCC(C(C)C)C(OC(=O)CN2CCN(CCO)CC2)C1. The molecule has 0 radical (unpaired) electrons. The van der Waals surface area contributed by atoms with E-state index in [2.05, 4.69) is 30.6 Å². The highest BCUT2D eigenvalue weighted by atomic mass is 16.5. The van der Waals surface area contributed by atoms with Crippen LogP contribution in [0.1, 0.15) is 40.0 Å². The highest BCUT2D eigenvalue weighted by Crippen LogP contribution is 2.35. The molecule has 1 heterocycles. The van der Waals surface area contributed by atoms with E-state index in [0.717, 1.165) is 39.1 Å². The summed E-state index contributed by atoms with van der Waals surface area (Å²) in [5, 5.41) is 8.97. The zero-order chi connectivity index (χ0) is 16.8. The minimum Gasteiger partial charge on any atom is -0.461 e. The van der Waals surface area contributed by atoms with Gasteiger partial charge in [-0.1, -0.05) is 27.2 Å². The molecule has 1 aliphatic carbocycles. The van der Waals surface area contributed by atoms with Crippen LogP contribution in [0.5, 0.6) is 0 Å². The number of carbonyl (C=O) groups excluding carboxylic acids is 1. The maximum atomic E-state index is 12.3. The van der Waals surface area contributed by atoms with Crippen molar-refractivity contribution in [2.75, 3.05) is 45.9 Å². The lowest BCUT2D eigenvalue weighted by molar-refractivity contribution is -0.157. The van der Waals surface area contributed by atoms with Crippen molar-refractivity contribution in [3.05, 3.63) is 0 Å². The first kappa shape index (κ1) is 18.7. The van der Waals surface area contributed by atoms with Gasteiger partial charge in [0.2, 0.25) is 0 Å². The number of aliphatic hydroxyl groups excluding tert-OH is 1. The third-order valence-electron chi connectivity index (χ3n) is 5.48. The summed E-state index contributed by atoms with van der Waals surface area (Å²) in [7, 11) is 0. The van der Waals surface area contributed by atoms with E-state index >= 15 is 0 Å². The van der Waals surface area contributed by atoms with Crippen molar-refractivity contribution in [2.24, 2.45) is 17.8 Å². The van der Waals surface area contributed by atoms with Crippen molar-refractivity contribution < 1.29 is 14.6 Å². The quantitative estimate of drug-likeness (QED) is 0.752. The minimum atomic E-state index is -0.0645. The fourth-order valence-electron chi connectivity index (χ4n) is 3.95. The lowest BCUT2D eigenvalue weighted by Gasteiger charge is -2.38. The van der Waals surface area contributed by atoms with E-state index in [1.165, 1.54) is 12.8 Å². The van der Waals surface area contributed by atoms with Crippen LogP contribution < -0.4 is 0 Å². The molecule has 1 N–H and O–H groups in total. The van der Waals surface area contributed by atoms with Gasteiger partial charge in [-0.15, -0.1) is 0 Å². The molecule has 2 aliphatic rings. The van der Waals surface area contributed by atoms with Crippen LogP contribution in [0.4, 0.5) is 0 Å². The summed E-state index contributed by atoms with van der Waals surface area (Å²) in [4.78, 5) is 16.8. The Kier molecular flexibility index (Phi) is 7.31. The number of aliphatic hydroxyl groups is 1. The molecule has 134 valence electrons. The molecule has 1 saturated heterocycles. The van der Waals surface area contributed by atoms with Crippen molar-refractivity contribution in [1.29, 1.82) is 0 Å². The van der Waals surface area contributed by atoms with E-state index in [4.69, 9.17) is 9.84 Å². The van der Waals surface area contributed by atoms with Crippen molar-refractivity contribution in [3.63, 3.8) is 0 Å². The topological polar surface area (TPSA) is 53.0 Å². The molecule has 5 nitrogen and oxygen atoms in total. The van der Waals surface area contributed by atoms with E-state index in [1.54, 1.807) is 0 Å². The van der Waals surface area contributed by atoms with Gasteiger partial charge in [-0.3, -0.25) is 14.6 Å². The number of rotatable bonds is 6. The summed E-state index contributed by atoms with van der Waals surface area (Å²) in [6.07, 6.45) is 3.54. The lowest BCUT2D eigenvalue weighted by atomic mass is 9.75. The Morgan fingerprint density at radius 1 is 1.17 bits per heavy atom. The highest BCUT2D eigenvalue weighted by molar-refractivity contribution is 5.72. The number of hydrogen-bond donors (Lipinski definition) is 1.